The van der Waals surface area contributed by atoms with Crippen molar-refractivity contribution < 1.29 is 13.9 Å². The highest BCUT2D eigenvalue weighted by atomic mass is 19.1. The number of nitrogens with zero attached hydrogens (tertiary/aromatic N) is 5. The third-order valence-corrected chi connectivity index (χ3v) is 7.34. The first-order valence-electron chi connectivity index (χ1n) is 14.0. The number of anilines is 1. The average molecular weight is 575 g/mol. The molecule has 1 saturated heterocycles. The van der Waals surface area contributed by atoms with Crippen molar-refractivity contribution in [1.82, 2.24) is 24.0 Å². The van der Waals surface area contributed by atoms with Gasteiger partial charge in [0.2, 0.25) is 5.95 Å². The van der Waals surface area contributed by atoms with Crippen molar-refractivity contribution in [3.05, 3.63) is 68.6 Å². The number of ether oxygens (including phenoxy) is 1. The number of rotatable bonds is 5. The number of hydrogen-bond acceptors (Lipinski definition) is 6. The van der Waals surface area contributed by atoms with Gasteiger partial charge in [0.25, 0.3) is 5.56 Å². The van der Waals surface area contributed by atoms with Gasteiger partial charge in [0.05, 0.1) is 13.1 Å². The third kappa shape index (κ3) is 5.62. The summed E-state index contributed by atoms with van der Waals surface area (Å²) >= 11 is 0. The summed E-state index contributed by atoms with van der Waals surface area (Å²) in [5, 5.41) is 4.00. The first kappa shape index (κ1) is 28.9. The number of aromatic nitrogens is 4. The Morgan fingerprint density at radius 3 is 2.60 bits per heavy atom. The number of piperidine rings is 1. The van der Waals surface area contributed by atoms with Gasteiger partial charge in [-0.25, -0.2) is 14.0 Å². The van der Waals surface area contributed by atoms with E-state index < -0.39 is 22.9 Å². The summed E-state index contributed by atoms with van der Waals surface area (Å²) in [6.45, 7) is 8.41. The lowest BCUT2D eigenvalue weighted by Crippen LogP contribution is -2.49. The SMILES string of the molecule is CC#CCn1c(N2CCC[C@@H](NC(=O)OC(C)(C)C)C2)nc2c1c(=O)n(Cc1ccc(F)c3ccccc13)c(=O)n2C. The number of aryl methyl sites for hydroxylation is 1. The van der Waals surface area contributed by atoms with Crippen LogP contribution in [0.3, 0.4) is 0 Å². The lowest BCUT2D eigenvalue weighted by molar-refractivity contribution is 0.0499. The zero-order chi connectivity index (χ0) is 30.2. The molecular formula is C31H35FN6O4. The highest BCUT2D eigenvalue weighted by Gasteiger charge is 2.29. The summed E-state index contributed by atoms with van der Waals surface area (Å²) < 4.78 is 24.2. The average Bonchev–Trinajstić information content (AvgIpc) is 3.33. The number of carbonyl (C=O) groups excluding carboxylic acids is 1. The molecule has 3 heterocycles. The van der Waals surface area contributed by atoms with Crippen molar-refractivity contribution in [1.29, 1.82) is 0 Å². The Hall–Kier alpha value is -4.59. The van der Waals surface area contributed by atoms with E-state index in [1.807, 2.05) is 25.7 Å². The van der Waals surface area contributed by atoms with Crippen LogP contribution in [-0.2, 0) is 24.9 Å². The van der Waals surface area contributed by atoms with Crippen molar-refractivity contribution >= 4 is 34.0 Å². The molecule has 2 aromatic heterocycles. The summed E-state index contributed by atoms with van der Waals surface area (Å²) in [4.78, 5) is 46.7. The number of fused-ring (bicyclic) bond motifs is 2. The minimum absolute atomic E-state index is 0.0339. The van der Waals surface area contributed by atoms with E-state index in [4.69, 9.17) is 9.72 Å². The molecule has 0 bridgehead atoms. The van der Waals surface area contributed by atoms with E-state index in [-0.39, 0.29) is 36.1 Å². The van der Waals surface area contributed by atoms with Gasteiger partial charge in [-0.15, -0.1) is 5.92 Å². The lowest BCUT2D eigenvalue weighted by atomic mass is 10.0. The van der Waals surface area contributed by atoms with Crippen LogP contribution >= 0.6 is 0 Å². The number of amides is 1. The summed E-state index contributed by atoms with van der Waals surface area (Å²) in [5.41, 5.74) is -0.489. The van der Waals surface area contributed by atoms with Crippen molar-refractivity contribution in [2.45, 2.75) is 65.3 Å². The Kier molecular flexibility index (Phi) is 7.82. The second-order valence-corrected chi connectivity index (χ2v) is 11.5. The Labute approximate surface area is 242 Å². The minimum atomic E-state index is -0.615. The molecule has 220 valence electrons. The van der Waals surface area contributed by atoms with Gasteiger partial charge in [-0.1, -0.05) is 36.3 Å². The molecule has 10 nitrogen and oxygen atoms in total. The van der Waals surface area contributed by atoms with Gasteiger partial charge in [0, 0.05) is 31.6 Å². The van der Waals surface area contributed by atoms with E-state index in [0.29, 0.717) is 35.4 Å². The van der Waals surface area contributed by atoms with Gasteiger partial charge in [-0.05, 0) is 57.6 Å². The molecule has 1 amide bonds. The van der Waals surface area contributed by atoms with Crippen molar-refractivity contribution in [2.75, 3.05) is 18.0 Å². The predicted molar refractivity (Wildman–Crippen MR) is 160 cm³/mol. The number of alkyl carbamates (subject to hydrolysis) is 1. The maximum absolute atomic E-state index is 14.5. The summed E-state index contributed by atoms with van der Waals surface area (Å²) in [6.07, 6.45) is 1.06. The van der Waals surface area contributed by atoms with Gasteiger partial charge in [0.15, 0.2) is 11.2 Å². The van der Waals surface area contributed by atoms with Crippen molar-refractivity contribution in [3.8, 4) is 11.8 Å². The Balaban J connectivity index is 1.57. The highest BCUT2D eigenvalue weighted by Crippen LogP contribution is 2.25. The molecule has 1 aliphatic heterocycles. The zero-order valence-electron chi connectivity index (χ0n) is 24.5. The molecule has 0 spiro atoms. The molecule has 0 unspecified atom stereocenters. The van der Waals surface area contributed by atoms with Crippen LogP contribution in [-0.4, -0.2) is 49.5 Å². The Bertz CT molecular complexity index is 1850. The second kappa shape index (κ2) is 11.4. The van der Waals surface area contributed by atoms with Crippen LogP contribution in [0.1, 0.15) is 46.1 Å². The quantitative estimate of drug-likeness (QED) is 0.364. The molecule has 1 aliphatic rings. The predicted octanol–water partition coefficient (Wildman–Crippen LogP) is 3.75. The number of carbonyl (C=O) groups is 1. The second-order valence-electron chi connectivity index (χ2n) is 11.5. The maximum atomic E-state index is 14.5. The van der Waals surface area contributed by atoms with E-state index >= 15 is 0 Å². The van der Waals surface area contributed by atoms with Crippen molar-refractivity contribution in [3.63, 3.8) is 0 Å². The van der Waals surface area contributed by atoms with Crippen LogP contribution in [0.2, 0.25) is 0 Å². The smallest absolute Gasteiger partial charge is 0.407 e. The van der Waals surface area contributed by atoms with Crippen LogP contribution in [0, 0.1) is 17.7 Å². The fourth-order valence-corrected chi connectivity index (χ4v) is 5.43. The third-order valence-electron chi connectivity index (χ3n) is 7.34. The highest BCUT2D eigenvalue weighted by molar-refractivity contribution is 5.86. The molecule has 11 heteroatoms. The topological polar surface area (TPSA) is 103 Å². The number of halogens is 1. The van der Waals surface area contributed by atoms with Crippen LogP contribution in [0.15, 0.2) is 46.0 Å². The number of imidazole rings is 1. The Morgan fingerprint density at radius 1 is 1.14 bits per heavy atom. The van der Waals surface area contributed by atoms with Gasteiger partial charge in [0.1, 0.15) is 11.4 Å². The normalized spacial score (nSPS) is 15.5. The molecule has 1 N–H and O–H groups in total. The van der Waals surface area contributed by atoms with E-state index in [1.54, 1.807) is 48.9 Å². The van der Waals surface area contributed by atoms with Gasteiger partial charge < -0.3 is 15.0 Å². The van der Waals surface area contributed by atoms with E-state index in [0.717, 1.165) is 17.4 Å². The number of nitrogens with one attached hydrogen (secondary N) is 1. The summed E-state index contributed by atoms with van der Waals surface area (Å²) in [7, 11) is 1.58. The molecule has 1 fully saturated rings. The molecular weight excluding hydrogens is 539 g/mol. The van der Waals surface area contributed by atoms with Gasteiger partial charge >= 0.3 is 11.8 Å². The molecule has 0 saturated carbocycles. The zero-order valence-corrected chi connectivity index (χ0v) is 24.5. The van der Waals surface area contributed by atoms with Gasteiger partial charge in [-0.2, -0.15) is 4.98 Å². The summed E-state index contributed by atoms with van der Waals surface area (Å²) in [6, 6.07) is 9.75. The fraction of sp³-hybridized carbons (Fsp3) is 0.419. The van der Waals surface area contributed by atoms with Gasteiger partial charge in [-0.3, -0.25) is 18.5 Å². The minimum Gasteiger partial charge on any atom is -0.444 e. The molecule has 4 aromatic rings. The molecule has 5 rings (SSSR count). The van der Waals surface area contributed by atoms with E-state index in [9.17, 15) is 18.8 Å². The van der Waals surface area contributed by atoms with Crippen LogP contribution in [0.4, 0.5) is 15.1 Å². The molecule has 0 radical (unpaired) electrons. The lowest BCUT2D eigenvalue weighted by Gasteiger charge is -2.34. The van der Waals surface area contributed by atoms with Crippen molar-refractivity contribution in [2.24, 2.45) is 7.05 Å². The van der Waals surface area contributed by atoms with E-state index in [2.05, 4.69) is 17.2 Å². The van der Waals surface area contributed by atoms with Crippen LogP contribution in [0.5, 0.6) is 0 Å². The monoisotopic (exact) mass is 574 g/mol. The maximum Gasteiger partial charge on any atom is 0.407 e. The standard InChI is InChI=1S/C31H35FN6O4/c1-6-7-17-37-25-26(34-28(37)36-16-10-11-21(19-36)33-29(40)42-31(2,3)4)35(5)30(41)38(27(25)39)18-20-14-15-24(32)23-13-9-8-12-22(20)23/h8-9,12-15,21H,10-11,16-19H2,1-5H3,(H,33,40)/t21-/m1/s1. The first-order chi connectivity index (χ1) is 20.0. The summed E-state index contributed by atoms with van der Waals surface area (Å²) in [5.74, 6) is 6.04. The molecule has 42 heavy (non-hydrogen) atoms. The largest absolute Gasteiger partial charge is 0.444 e. The first-order valence-corrected chi connectivity index (χ1v) is 14.0. The molecule has 0 aliphatic carbocycles. The Morgan fingerprint density at radius 2 is 1.88 bits per heavy atom. The number of hydrogen-bond donors (Lipinski definition) is 1. The van der Waals surface area contributed by atoms with Crippen LogP contribution in [0.25, 0.3) is 21.9 Å². The fourth-order valence-electron chi connectivity index (χ4n) is 5.43. The van der Waals surface area contributed by atoms with E-state index in [1.165, 1.54) is 10.6 Å². The number of benzene rings is 2. The van der Waals surface area contributed by atoms with Crippen LogP contribution < -0.4 is 21.5 Å². The molecule has 2 aromatic carbocycles. The molecule has 1 atom stereocenters.